The van der Waals surface area contributed by atoms with E-state index in [0.29, 0.717) is 40.7 Å². The Morgan fingerprint density at radius 3 is 2.56 bits per heavy atom. The number of anilines is 3. The van der Waals surface area contributed by atoms with Gasteiger partial charge in [-0.1, -0.05) is 42.0 Å². The smallest absolute Gasteiger partial charge is 0.258 e. The quantitative estimate of drug-likeness (QED) is 0.412. The lowest BCUT2D eigenvalue weighted by molar-refractivity contribution is -0.116. The summed E-state index contributed by atoms with van der Waals surface area (Å²) in [5, 5.41) is 5.60. The van der Waals surface area contributed by atoms with Crippen molar-refractivity contribution in [3.63, 3.8) is 0 Å². The van der Waals surface area contributed by atoms with Gasteiger partial charge in [0.05, 0.1) is 17.6 Å². The Labute approximate surface area is 208 Å². The summed E-state index contributed by atoms with van der Waals surface area (Å²) in [5.41, 5.74) is 4.34. The van der Waals surface area contributed by atoms with E-state index in [-0.39, 0.29) is 30.7 Å². The first-order valence-corrected chi connectivity index (χ1v) is 11.6. The predicted octanol–water partition coefficient (Wildman–Crippen LogP) is 4.82. The Balaban J connectivity index is 1.18. The van der Waals surface area contributed by atoms with Crippen LogP contribution in [0.4, 0.5) is 17.1 Å². The minimum atomic E-state index is -0.288. The molecule has 4 aromatic rings. The SMILES string of the molecule is Cc1ccc(-c2cnc(CCC(=O)Nc3ccc(C(=O)N4CC(=O)Nc5ccccc54)cc3)o2)cc1. The summed E-state index contributed by atoms with van der Waals surface area (Å²) in [7, 11) is 0. The van der Waals surface area contributed by atoms with Crippen molar-refractivity contribution in [1.82, 2.24) is 4.98 Å². The van der Waals surface area contributed by atoms with Gasteiger partial charge < -0.3 is 15.1 Å². The number of hydrogen-bond acceptors (Lipinski definition) is 5. The van der Waals surface area contributed by atoms with E-state index in [9.17, 15) is 14.4 Å². The van der Waals surface area contributed by atoms with Gasteiger partial charge in [-0.3, -0.25) is 19.3 Å². The molecule has 0 bridgehead atoms. The zero-order valence-corrected chi connectivity index (χ0v) is 19.7. The summed E-state index contributed by atoms with van der Waals surface area (Å²) in [6.07, 6.45) is 2.23. The van der Waals surface area contributed by atoms with Crippen LogP contribution in [-0.2, 0) is 16.0 Å². The lowest BCUT2D eigenvalue weighted by Crippen LogP contribution is -2.42. The number of hydrogen-bond donors (Lipinski definition) is 2. The second kappa shape index (κ2) is 9.87. The van der Waals surface area contributed by atoms with E-state index in [4.69, 9.17) is 4.42 Å². The van der Waals surface area contributed by atoms with Crippen LogP contribution in [0.5, 0.6) is 0 Å². The summed E-state index contributed by atoms with van der Waals surface area (Å²) >= 11 is 0. The average Bonchev–Trinajstić information content (AvgIpc) is 3.36. The number of para-hydroxylation sites is 2. The molecule has 0 spiro atoms. The van der Waals surface area contributed by atoms with Gasteiger partial charge in [0.1, 0.15) is 6.54 Å². The van der Waals surface area contributed by atoms with E-state index in [1.165, 1.54) is 4.90 Å². The van der Waals surface area contributed by atoms with Gasteiger partial charge in [0.2, 0.25) is 11.8 Å². The van der Waals surface area contributed by atoms with Crippen molar-refractivity contribution >= 4 is 34.8 Å². The maximum absolute atomic E-state index is 13.1. The second-order valence-electron chi connectivity index (χ2n) is 8.57. The fourth-order valence-electron chi connectivity index (χ4n) is 3.99. The van der Waals surface area contributed by atoms with Crippen molar-refractivity contribution in [2.24, 2.45) is 0 Å². The third-order valence-electron chi connectivity index (χ3n) is 5.89. The number of nitrogens with zero attached hydrogens (tertiary/aromatic N) is 2. The first kappa shape index (κ1) is 23.0. The van der Waals surface area contributed by atoms with E-state index >= 15 is 0 Å². The number of oxazole rings is 1. The molecule has 2 heterocycles. The number of carbonyl (C=O) groups excluding carboxylic acids is 3. The molecule has 0 atom stereocenters. The van der Waals surface area contributed by atoms with Crippen molar-refractivity contribution in [1.29, 1.82) is 0 Å². The van der Waals surface area contributed by atoms with Crippen LogP contribution in [0.1, 0.15) is 28.2 Å². The van der Waals surface area contributed by atoms with Gasteiger partial charge in [0, 0.05) is 29.7 Å². The van der Waals surface area contributed by atoms with Gasteiger partial charge in [0.15, 0.2) is 11.7 Å². The molecule has 0 aliphatic carbocycles. The van der Waals surface area contributed by atoms with Crippen molar-refractivity contribution in [2.45, 2.75) is 19.8 Å². The average molecular weight is 481 g/mol. The molecule has 180 valence electrons. The third kappa shape index (κ3) is 5.02. The summed E-state index contributed by atoms with van der Waals surface area (Å²) in [6.45, 7) is 1.97. The predicted molar refractivity (Wildman–Crippen MR) is 137 cm³/mol. The Kier molecular flexibility index (Phi) is 6.32. The van der Waals surface area contributed by atoms with Crippen LogP contribution in [0.15, 0.2) is 83.4 Å². The third-order valence-corrected chi connectivity index (χ3v) is 5.89. The number of amides is 3. The number of aromatic nitrogens is 1. The Morgan fingerprint density at radius 1 is 1.03 bits per heavy atom. The van der Waals surface area contributed by atoms with Crippen LogP contribution in [0.25, 0.3) is 11.3 Å². The molecule has 8 heteroatoms. The molecule has 8 nitrogen and oxygen atoms in total. The van der Waals surface area contributed by atoms with E-state index in [2.05, 4.69) is 15.6 Å². The summed E-state index contributed by atoms with van der Waals surface area (Å²) in [5.74, 6) is 0.434. The fraction of sp³-hybridized carbons (Fsp3) is 0.143. The van der Waals surface area contributed by atoms with Crippen molar-refractivity contribution in [2.75, 3.05) is 22.1 Å². The van der Waals surface area contributed by atoms with Gasteiger partial charge in [-0.2, -0.15) is 0 Å². The fourth-order valence-corrected chi connectivity index (χ4v) is 3.99. The van der Waals surface area contributed by atoms with Gasteiger partial charge in [-0.05, 0) is 43.3 Å². The van der Waals surface area contributed by atoms with Gasteiger partial charge in [0.25, 0.3) is 5.91 Å². The van der Waals surface area contributed by atoms with E-state index in [1.54, 1.807) is 48.7 Å². The molecule has 0 fully saturated rings. The zero-order chi connectivity index (χ0) is 25.1. The lowest BCUT2D eigenvalue weighted by atomic mass is 10.1. The van der Waals surface area contributed by atoms with Crippen LogP contribution < -0.4 is 15.5 Å². The maximum Gasteiger partial charge on any atom is 0.258 e. The van der Waals surface area contributed by atoms with E-state index < -0.39 is 0 Å². The van der Waals surface area contributed by atoms with Crippen LogP contribution in [0, 0.1) is 6.92 Å². The molecule has 3 aromatic carbocycles. The van der Waals surface area contributed by atoms with E-state index in [0.717, 1.165) is 11.1 Å². The van der Waals surface area contributed by atoms with Crippen LogP contribution in [0.2, 0.25) is 0 Å². The van der Waals surface area contributed by atoms with Crippen molar-refractivity contribution < 1.29 is 18.8 Å². The zero-order valence-electron chi connectivity index (χ0n) is 19.7. The molecule has 0 unspecified atom stereocenters. The number of rotatable bonds is 6. The molecule has 0 saturated carbocycles. The first-order chi connectivity index (χ1) is 17.5. The number of nitrogens with one attached hydrogen (secondary N) is 2. The molecule has 36 heavy (non-hydrogen) atoms. The highest BCUT2D eigenvalue weighted by Crippen LogP contribution is 2.30. The number of fused-ring (bicyclic) bond motifs is 1. The van der Waals surface area contributed by atoms with E-state index in [1.807, 2.05) is 37.3 Å². The van der Waals surface area contributed by atoms with Crippen LogP contribution in [-0.4, -0.2) is 29.3 Å². The van der Waals surface area contributed by atoms with Crippen molar-refractivity contribution in [3.8, 4) is 11.3 Å². The molecule has 1 aromatic heterocycles. The summed E-state index contributed by atoms with van der Waals surface area (Å²) < 4.78 is 5.78. The highest BCUT2D eigenvalue weighted by molar-refractivity contribution is 6.15. The minimum Gasteiger partial charge on any atom is -0.441 e. The summed E-state index contributed by atoms with van der Waals surface area (Å²) in [4.78, 5) is 43.3. The van der Waals surface area contributed by atoms with Crippen molar-refractivity contribution in [3.05, 3.63) is 96.0 Å². The largest absolute Gasteiger partial charge is 0.441 e. The Bertz CT molecular complexity index is 1420. The molecule has 5 rings (SSSR count). The molecule has 0 radical (unpaired) electrons. The molecule has 1 aliphatic heterocycles. The molecule has 3 amide bonds. The van der Waals surface area contributed by atoms with Crippen LogP contribution in [0.3, 0.4) is 0 Å². The standard InChI is InChI=1S/C28H24N4O4/c1-18-6-8-19(9-7-18)24-16-29-27(36-24)15-14-25(33)30-21-12-10-20(11-13-21)28(35)32-17-26(34)31-22-4-2-3-5-23(22)32/h2-13,16H,14-15,17H2,1H3,(H,30,33)(H,31,34). The summed E-state index contributed by atoms with van der Waals surface area (Å²) in [6, 6.07) is 21.7. The topological polar surface area (TPSA) is 105 Å². The van der Waals surface area contributed by atoms with Gasteiger partial charge >= 0.3 is 0 Å². The number of benzene rings is 3. The molecular formula is C28H24N4O4. The first-order valence-electron chi connectivity index (χ1n) is 11.6. The Morgan fingerprint density at radius 2 is 1.78 bits per heavy atom. The Hall–Kier alpha value is -4.72. The monoisotopic (exact) mass is 480 g/mol. The highest BCUT2D eigenvalue weighted by Gasteiger charge is 2.27. The van der Waals surface area contributed by atoms with Gasteiger partial charge in [-0.15, -0.1) is 0 Å². The van der Waals surface area contributed by atoms with Gasteiger partial charge in [-0.25, -0.2) is 4.98 Å². The molecule has 0 saturated heterocycles. The maximum atomic E-state index is 13.1. The highest BCUT2D eigenvalue weighted by atomic mass is 16.4. The lowest BCUT2D eigenvalue weighted by Gasteiger charge is -2.29. The van der Waals surface area contributed by atoms with Crippen LogP contribution >= 0.6 is 0 Å². The normalized spacial score (nSPS) is 12.6. The minimum absolute atomic E-state index is 0.0548. The molecule has 2 N–H and O–H groups in total. The molecular weight excluding hydrogens is 456 g/mol. The second-order valence-corrected chi connectivity index (χ2v) is 8.57. The number of carbonyl (C=O) groups is 3. The number of aryl methyl sites for hydroxylation is 2. The molecule has 1 aliphatic rings.